The maximum absolute atomic E-state index is 13.8. The number of nitrogens with zero attached hydrogens (tertiary/aromatic N) is 6. The Morgan fingerprint density at radius 3 is 2.14 bits per heavy atom. The first-order valence-corrected chi connectivity index (χ1v) is 15.6. The van der Waals surface area contributed by atoms with E-state index in [1.165, 1.54) is 16.7 Å². The van der Waals surface area contributed by atoms with Gasteiger partial charge in [0.2, 0.25) is 0 Å². The summed E-state index contributed by atoms with van der Waals surface area (Å²) in [4.78, 5) is 21.9. The average Bonchev–Trinajstić information content (AvgIpc) is 3.73. The van der Waals surface area contributed by atoms with Gasteiger partial charge in [-0.15, -0.1) is 5.10 Å². The minimum Gasteiger partial charge on any atom is -0.376 e. The van der Waals surface area contributed by atoms with Gasteiger partial charge in [-0.2, -0.15) is 0 Å². The zero-order valence-corrected chi connectivity index (χ0v) is 25.4. The van der Waals surface area contributed by atoms with Gasteiger partial charge in [0.25, 0.3) is 5.56 Å². The molecule has 5 aromatic rings. The number of aromatic amines is 1. The van der Waals surface area contributed by atoms with E-state index >= 15 is 0 Å². The lowest BCUT2D eigenvalue weighted by Crippen LogP contribution is -2.50. The number of benzene rings is 3. The quantitative estimate of drug-likeness (QED) is 0.278. The van der Waals surface area contributed by atoms with Gasteiger partial charge in [0, 0.05) is 43.9 Å². The van der Waals surface area contributed by atoms with E-state index in [0.29, 0.717) is 17.9 Å². The van der Waals surface area contributed by atoms with E-state index in [9.17, 15) is 4.79 Å². The van der Waals surface area contributed by atoms with E-state index in [1.54, 1.807) is 0 Å². The van der Waals surface area contributed by atoms with E-state index < -0.39 is 6.04 Å². The summed E-state index contributed by atoms with van der Waals surface area (Å²) in [6, 6.07) is 27.4. The first-order chi connectivity index (χ1) is 21.5. The number of aromatic nitrogens is 5. The molecule has 2 aliphatic rings. The summed E-state index contributed by atoms with van der Waals surface area (Å²) < 4.78 is 7.79. The third-order valence-corrected chi connectivity index (χ3v) is 9.30. The SMILES string of the molecule is Cc1cc2cc([C@@H](c3nnnn3C[C@@H]3CCCO3)N3CCN(C(c4ccccc4)c4ccccc4)CC3)c(=O)[nH]c2cc1C. The normalized spacial score (nSPS) is 18.8. The third kappa shape index (κ3) is 5.70. The van der Waals surface area contributed by atoms with Gasteiger partial charge in [-0.25, -0.2) is 4.68 Å². The van der Waals surface area contributed by atoms with Gasteiger partial charge in [-0.3, -0.25) is 14.6 Å². The highest BCUT2D eigenvalue weighted by molar-refractivity contribution is 5.81. The summed E-state index contributed by atoms with van der Waals surface area (Å²) in [5.74, 6) is 0.685. The van der Waals surface area contributed by atoms with Crippen LogP contribution in [-0.2, 0) is 11.3 Å². The van der Waals surface area contributed by atoms with Crippen LogP contribution < -0.4 is 5.56 Å². The minimum absolute atomic E-state index is 0.0766. The molecule has 0 bridgehead atoms. The monoisotopic (exact) mass is 589 g/mol. The first kappa shape index (κ1) is 28.6. The number of rotatable bonds is 8. The number of aryl methyl sites for hydroxylation is 2. The first-order valence-electron chi connectivity index (χ1n) is 15.6. The van der Waals surface area contributed by atoms with E-state index in [-0.39, 0.29) is 17.7 Å². The maximum Gasteiger partial charge on any atom is 0.253 e. The second kappa shape index (κ2) is 12.4. The Hall–Kier alpha value is -4.18. The average molecular weight is 590 g/mol. The lowest BCUT2D eigenvalue weighted by molar-refractivity contribution is 0.0778. The van der Waals surface area contributed by atoms with Crippen LogP contribution in [0, 0.1) is 13.8 Å². The molecular formula is C35H39N7O2. The molecule has 44 heavy (non-hydrogen) atoms. The summed E-state index contributed by atoms with van der Waals surface area (Å²) >= 11 is 0. The molecule has 9 nitrogen and oxygen atoms in total. The van der Waals surface area contributed by atoms with Gasteiger partial charge in [-0.1, -0.05) is 60.7 Å². The molecule has 0 aliphatic carbocycles. The molecule has 0 radical (unpaired) electrons. The van der Waals surface area contributed by atoms with Crippen molar-refractivity contribution in [2.45, 2.75) is 51.4 Å². The molecular weight excluding hydrogens is 550 g/mol. The second-order valence-corrected chi connectivity index (χ2v) is 12.1. The summed E-state index contributed by atoms with van der Waals surface area (Å²) in [7, 11) is 0. The van der Waals surface area contributed by atoms with Crippen LogP contribution in [0.4, 0.5) is 0 Å². The number of hydrogen-bond acceptors (Lipinski definition) is 7. The Bertz CT molecular complexity index is 1730. The molecule has 0 spiro atoms. The summed E-state index contributed by atoms with van der Waals surface area (Å²) in [5.41, 5.74) is 6.31. The zero-order valence-electron chi connectivity index (χ0n) is 25.4. The molecule has 0 unspecified atom stereocenters. The number of nitrogens with one attached hydrogen (secondary N) is 1. The van der Waals surface area contributed by atoms with Crippen molar-refractivity contribution < 1.29 is 4.74 Å². The largest absolute Gasteiger partial charge is 0.376 e. The molecule has 2 atom stereocenters. The third-order valence-electron chi connectivity index (χ3n) is 9.30. The van der Waals surface area contributed by atoms with Gasteiger partial charge in [0.1, 0.15) is 6.04 Å². The molecule has 9 heteroatoms. The van der Waals surface area contributed by atoms with Gasteiger partial charge in [-0.05, 0) is 83.0 Å². The van der Waals surface area contributed by atoms with Gasteiger partial charge in [0.15, 0.2) is 5.82 Å². The molecule has 7 rings (SSSR count). The molecule has 226 valence electrons. The lowest BCUT2D eigenvalue weighted by Gasteiger charge is -2.42. The van der Waals surface area contributed by atoms with Crippen LogP contribution in [0.5, 0.6) is 0 Å². The van der Waals surface area contributed by atoms with Crippen LogP contribution in [-0.4, -0.2) is 73.9 Å². The van der Waals surface area contributed by atoms with Crippen LogP contribution in [0.15, 0.2) is 83.7 Å². The van der Waals surface area contributed by atoms with E-state index in [4.69, 9.17) is 4.74 Å². The van der Waals surface area contributed by atoms with Crippen LogP contribution in [0.25, 0.3) is 10.9 Å². The van der Waals surface area contributed by atoms with Crippen LogP contribution in [0.3, 0.4) is 0 Å². The summed E-state index contributed by atoms with van der Waals surface area (Å²) in [6.45, 7) is 8.71. The van der Waals surface area contributed by atoms with Crippen LogP contribution in [0.1, 0.15) is 58.6 Å². The van der Waals surface area contributed by atoms with Crippen molar-refractivity contribution in [3.63, 3.8) is 0 Å². The number of hydrogen-bond donors (Lipinski definition) is 1. The number of pyridine rings is 1. The number of H-pyrrole nitrogens is 1. The smallest absolute Gasteiger partial charge is 0.253 e. The molecule has 0 saturated carbocycles. The predicted octanol–water partition coefficient (Wildman–Crippen LogP) is 4.81. The Labute approximate surface area is 257 Å². The Balaban J connectivity index is 1.24. The number of tetrazole rings is 1. The molecule has 2 fully saturated rings. The molecule has 2 saturated heterocycles. The number of ether oxygens (including phenoxy) is 1. The lowest BCUT2D eigenvalue weighted by atomic mass is 9.96. The fraction of sp³-hybridized carbons (Fsp3) is 0.371. The van der Waals surface area contributed by atoms with Crippen molar-refractivity contribution in [2.24, 2.45) is 0 Å². The highest BCUT2D eigenvalue weighted by atomic mass is 16.5. The Kier molecular flexibility index (Phi) is 8.08. The van der Waals surface area contributed by atoms with Crippen molar-refractivity contribution in [1.82, 2.24) is 35.0 Å². The van der Waals surface area contributed by atoms with Crippen molar-refractivity contribution in [1.29, 1.82) is 0 Å². The Morgan fingerprint density at radius 1 is 0.864 bits per heavy atom. The highest BCUT2D eigenvalue weighted by Crippen LogP contribution is 2.33. The molecule has 0 amide bonds. The topological polar surface area (TPSA) is 92.2 Å². The van der Waals surface area contributed by atoms with Crippen molar-refractivity contribution in [3.8, 4) is 0 Å². The molecule has 2 aromatic heterocycles. The molecule has 4 heterocycles. The Morgan fingerprint density at radius 2 is 1.50 bits per heavy atom. The standard InChI is InChI=1S/C35H39N7O2/c1-24-20-28-22-30(35(43)36-31(28)21-25(24)2)33(34-37-38-39-42(34)23-29-14-9-19-44-29)41-17-15-40(16-18-41)32(26-10-5-3-6-11-26)27-12-7-4-8-13-27/h3-8,10-13,20-22,29,32-33H,9,14-19,23H2,1-2H3,(H,36,43)/t29-,33-/m0/s1. The molecule has 1 N–H and O–H groups in total. The van der Waals surface area contributed by atoms with Crippen molar-refractivity contribution in [3.05, 3.63) is 123 Å². The van der Waals surface area contributed by atoms with Gasteiger partial charge < -0.3 is 9.72 Å². The van der Waals surface area contributed by atoms with Gasteiger partial charge >= 0.3 is 0 Å². The summed E-state index contributed by atoms with van der Waals surface area (Å²) in [5, 5.41) is 14.1. The fourth-order valence-electron chi connectivity index (χ4n) is 6.85. The van der Waals surface area contributed by atoms with Crippen LogP contribution in [0.2, 0.25) is 0 Å². The van der Waals surface area contributed by atoms with Crippen molar-refractivity contribution in [2.75, 3.05) is 32.8 Å². The van der Waals surface area contributed by atoms with E-state index in [0.717, 1.165) is 62.1 Å². The van der Waals surface area contributed by atoms with Gasteiger partial charge in [0.05, 0.1) is 18.7 Å². The van der Waals surface area contributed by atoms with Crippen molar-refractivity contribution >= 4 is 10.9 Å². The van der Waals surface area contributed by atoms with Crippen LogP contribution >= 0.6 is 0 Å². The number of fused-ring (bicyclic) bond motifs is 1. The molecule has 3 aromatic carbocycles. The van der Waals surface area contributed by atoms with E-state index in [2.05, 4.69) is 117 Å². The molecule has 2 aliphatic heterocycles. The summed E-state index contributed by atoms with van der Waals surface area (Å²) in [6.07, 6.45) is 2.10. The second-order valence-electron chi connectivity index (χ2n) is 12.1. The fourth-order valence-corrected chi connectivity index (χ4v) is 6.85. The number of piperazine rings is 1. The minimum atomic E-state index is -0.393. The maximum atomic E-state index is 13.8. The zero-order chi connectivity index (χ0) is 30.0. The highest BCUT2D eigenvalue weighted by Gasteiger charge is 2.35. The predicted molar refractivity (Wildman–Crippen MR) is 171 cm³/mol. The van der Waals surface area contributed by atoms with E-state index in [1.807, 2.05) is 10.7 Å².